The van der Waals surface area contributed by atoms with Crippen molar-refractivity contribution in [3.8, 4) is 0 Å². The van der Waals surface area contributed by atoms with Gasteiger partial charge < -0.3 is 0 Å². The van der Waals surface area contributed by atoms with Gasteiger partial charge in [-0.1, -0.05) is 91.0 Å². The van der Waals surface area contributed by atoms with E-state index in [1.54, 1.807) is 6.92 Å². The van der Waals surface area contributed by atoms with E-state index in [9.17, 15) is 4.79 Å². The van der Waals surface area contributed by atoms with E-state index < -0.39 is 0 Å². The van der Waals surface area contributed by atoms with Gasteiger partial charge in [0.15, 0.2) is 0 Å². The largest absolute Gasteiger partial charge is 0.300 e. The lowest BCUT2D eigenvalue weighted by molar-refractivity contribution is -0.116. The Morgan fingerprint density at radius 1 is 0.609 bits per heavy atom. The highest BCUT2D eigenvalue weighted by molar-refractivity contribution is 5.78. The quantitative estimate of drug-likeness (QED) is 0.655. The normalized spacial score (nSPS) is 9.61. The van der Waals surface area contributed by atoms with E-state index in [2.05, 4.69) is 60.7 Å². The van der Waals surface area contributed by atoms with Gasteiger partial charge in [0.25, 0.3) is 0 Å². The summed E-state index contributed by atoms with van der Waals surface area (Å²) in [6.07, 6.45) is 1.59. The fraction of sp³-hybridized carbons (Fsp3) is 0.136. The molecule has 0 atom stereocenters. The molecule has 0 unspecified atom stereocenters. The molecule has 0 N–H and O–H groups in total. The van der Waals surface area contributed by atoms with Crippen LogP contribution in [0.15, 0.2) is 91.0 Å². The highest BCUT2D eigenvalue weighted by atomic mass is 16.1. The Labute approximate surface area is 138 Å². The van der Waals surface area contributed by atoms with Crippen molar-refractivity contribution in [3.05, 3.63) is 108 Å². The van der Waals surface area contributed by atoms with Crippen LogP contribution in [0.5, 0.6) is 0 Å². The Morgan fingerprint density at radius 3 is 1.30 bits per heavy atom. The maximum absolute atomic E-state index is 10.6. The zero-order valence-electron chi connectivity index (χ0n) is 13.5. The molecule has 1 nitrogen and oxygen atoms in total. The van der Waals surface area contributed by atoms with Crippen molar-refractivity contribution < 1.29 is 4.79 Å². The molecule has 0 saturated carbocycles. The van der Waals surface area contributed by atoms with Gasteiger partial charge in [-0.25, -0.2) is 0 Å². The highest BCUT2D eigenvalue weighted by Gasteiger charge is 1.94. The Kier molecular flexibility index (Phi) is 6.80. The van der Waals surface area contributed by atoms with Gasteiger partial charge in [0.05, 0.1) is 0 Å². The van der Waals surface area contributed by atoms with Crippen LogP contribution in [0.1, 0.15) is 23.6 Å². The Hall–Kier alpha value is -2.67. The van der Waals surface area contributed by atoms with Crippen molar-refractivity contribution in [3.63, 3.8) is 0 Å². The molecule has 0 aliphatic carbocycles. The summed E-state index contributed by atoms with van der Waals surface area (Å²) >= 11 is 0. The molecule has 0 saturated heterocycles. The fourth-order valence-corrected chi connectivity index (χ4v) is 2.31. The van der Waals surface area contributed by atoms with E-state index in [0.717, 1.165) is 12.0 Å². The van der Waals surface area contributed by atoms with Crippen molar-refractivity contribution in [2.24, 2.45) is 0 Å². The average Bonchev–Trinajstić information content (AvgIpc) is 2.58. The van der Waals surface area contributed by atoms with E-state index >= 15 is 0 Å². The summed E-state index contributed by atoms with van der Waals surface area (Å²) in [6, 6.07) is 30.8. The molecule has 23 heavy (non-hydrogen) atoms. The molecule has 0 spiro atoms. The third kappa shape index (κ3) is 6.75. The van der Waals surface area contributed by atoms with Crippen LogP contribution >= 0.6 is 0 Å². The Balaban J connectivity index is 0.000000174. The summed E-state index contributed by atoms with van der Waals surface area (Å²) in [5.74, 6) is 0.214. The van der Waals surface area contributed by atoms with Crippen molar-refractivity contribution >= 4 is 5.78 Å². The second-order valence-electron chi connectivity index (χ2n) is 5.51. The lowest BCUT2D eigenvalue weighted by Crippen LogP contribution is -1.94. The number of carbonyl (C=O) groups excluding carboxylic acids is 1. The molecule has 0 aliphatic heterocycles. The third-order valence-corrected chi connectivity index (χ3v) is 3.39. The van der Waals surface area contributed by atoms with Crippen LogP contribution in [0, 0.1) is 0 Å². The molecule has 116 valence electrons. The zero-order valence-corrected chi connectivity index (χ0v) is 13.5. The first-order valence-corrected chi connectivity index (χ1v) is 7.85. The van der Waals surface area contributed by atoms with Crippen LogP contribution in [0.25, 0.3) is 0 Å². The monoisotopic (exact) mass is 302 g/mol. The number of rotatable bonds is 4. The van der Waals surface area contributed by atoms with Crippen LogP contribution in [-0.4, -0.2) is 5.78 Å². The predicted octanol–water partition coefficient (Wildman–Crippen LogP) is 5.10. The minimum atomic E-state index is 0.214. The van der Waals surface area contributed by atoms with Gasteiger partial charge in [0.2, 0.25) is 0 Å². The summed E-state index contributed by atoms with van der Waals surface area (Å²) in [5, 5.41) is 0. The summed E-state index contributed by atoms with van der Waals surface area (Å²) in [7, 11) is 0. The molecule has 3 aromatic carbocycles. The SMILES string of the molecule is CC(=O)Cc1ccccc1.c1ccc(Cc2ccccc2)cc1. The Bertz CT molecular complexity index is 650. The molecule has 0 radical (unpaired) electrons. The third-order valence-electron chi connectivity index (χ3n) is 3.39. The number of hydrogen-bond donors (Lipinski definition) is 0. The number of Topliss-reactive ketones (excluding diaryl/α,β-unsaturated/α-hetero) is 1. The van der Waals surface area contributed by atoms with Crippen molar-refractivity contribution in [2.75, 3.05) is 0 Å². The highest BCUT2D eigenvalue weighted by Crippen LogP contribution is 2.07. The van der Waals surface area contributed by atoms with E-state index in [1.807, 2.05) is 30.3 Å². The molecule has 0 fully saturated rings. The maximum Gasteiger partial charge on any atom is 0.134 e. The number of hydrogen-bond acceptors (Lipinski definition) is 1. The molecule has 0 bridgehead atoms. The summed E-state index contributed by atoms with van der Waals surface area (Å²) in [6.45, 7) is 1.60. The van der Waals surface area contributed by atoms with Crippen LogP contribution in [-0.2, 0) is 17.6 Å². The van der Waals surface area contributed by atoms with Gasteiger partial charge in [-0.15, -0.1) is 0 Å². The number of ketones is 1. The summed E-state index contributed by atoms with van der Waals surface area (Å²) in [5.41, 5.74) is 3.83. The fourth-order valence-electron chi connectivity index (χ4n) is 2.31. The van der Waals surface area contributed by atoms with Crippen LogP contribution in [0.3, 0.4) is 0 Å². The van der Waals surface area contributed by atoms with Crippen molar-refractivity contribution in [1.29, 1.82) is 0 Å². The van der Waals surface area contributed by atoms with Gasteiger partial charge in [-0.05, 0) is 30.0 Å². The van der Waals surface area contributed by atoms with E-state index in [-0.39, 0.29) is 5.78 Å². The van der Waals surface area contributed by atoms with Gasteiger partial charge in [-0.3, -0.25) is 4.79 Å². The molecule has 0 heterocycles. The van der Waals surface area contributed by atoms with Crippen LogP contribution in [0.4, 0.5) is 0 Å². The molecule has 0 amide bonds. The second kappa shape index (κ2) is 9.37. The van der Waals surface area contributed by atoms with Gasteiger partial charge in [-0.2, -0.15) is 0 Å². The molecular formula is C22H22O. The maximum atomic E-state index is 10.6. The lowest BCUT2D eigenvalue weighted by Gasteiger charge is -2.00. The summed E-state index contributed by atoms with van der Waals surface area (Å²) in [4.78, 5) is 10.6. The molecule has 1 heteroatoms. The smallest absolute Gasteiger partial charge is 0.134 e. The minimum absolute atomic E-state index is 0.214. The molecule has 0 aliphatic rings. The predicted molar refractivity (Wildman–Crippen MR) is 96.5 cm³/mol. The first-order valence-electron chi connectivity index (χ1n) is 7.85. The van der Waals surface area contributed by atoms with E-state index in [1.165, 1.54) is 11.1 Å². The first-order chi connectivity index (χ1) is 11.2. The minimum Gasteiger partial charge on any atom is -0.300 e. The topological polar surface area (TPSA) is 17.1 Å². The average molecular weight is 302 g/mol. The zero-order chi connectivity index (χ0) is 16.3. The van der Waals surface area contributed by atoms with Gasteiger partial charge in [0.1, 0.15) is 5.78 Å². The second-order valence-corrected chi connectivity index (χ2v) is 5.51. The van der Waals surface area contributed by atoms with Gasteiger partial charge >= 0.3 is 0 Å². The van der Waals surface area contributed by atoms with E-state index in [0.29, 0.717) is 6.42 Å². The number of carbonyl (C=O) groups is 1. The standard InChI is InChI=1S/C13H12.C9H10O/c1-3-7-12(8-4-1)11-13-9-5-2-6-10-13;1-8(10)7-9-5-3-2-4-6-9/h1-10H,11H2;2-6H,7H2,1H3. The number of benzene rings is 3. The van der Waals surface area contributed by atoms with Crippen molar-refractivity contribution in [2.45, 2.75) is 19.8 Å². The van der Waals surface area contributed by atoms with Crippen LogP contribution < -0.4 is 0 Å². The molecular weight excluding hydrogens is 280 g/mol. The van der Waals surface area contributed by atoms with E-state index in [4.69, 9.17) is 0 Å². The molecule has 3 aromatic rings. The first kappa shape index (κ1) is 16.7. The Morgan fingerprint density at radius 2 is 0.957 bits per heavy atom. The molecule has 3 rings (SSSR count). The summed E-state index contributed by atoms with van der Waals surface area (Å²) < 4.78 is 0. The lowest BCUT2D eigenvalue weighted by atomic mass is 10.1. The van der Waals surface area contributed by atoms with Gasteiger partial charge in [0, 0.05) is 6.42 Å². The van der Waals surface area contributed by atoms with Crippen molar-refractivity contribution in [1.82, 2.24) is 0 Å². The molecule has 0 aromatic heterocycles. The van der Waals surface area contributed by atoms with Crippen LogP contribution in [0.2, 0.25) is 0 Å².